The molecule has 6 heteroatoms. The summed E-state index contributed by atoms with van der Waals surface area (Å²) in [6, 6.07) is 15.4. The van der Waals surface area contributed by atoms with Gasteiger partial charge >= 0.3 is 0 Å². The Morgan fingerprint density at radius 2 is 1.75 bits per heavy atom. The normalized spacial score (nSPS) is 13.1. The lowest BCUT2D eigenvalue weighted by Gasteiger charge is -2.31. The van der Waals surface area contributed by atoms with Gasteiger partial charge in [-0.25, -0.2) is 0 Å². The van der Waals surface area contributed by atoms with Gasteiger partial charge in [0.2, 0.25) is 18.6 Å². The number of aryl methyl sites for hydroxylation is 1. The minimum Gasteiger partial charge on any atom is -0.454 e. The van der Waals surface area contributed by atoms with E-state index in [4.69, 9.17) is 9.47 Å². The summed E-state index contributed by atoms with van der Waals surface area (Å²) in [7, 11) is 0. The van der Waals surface area contributed by atoms with Crippen LogP contribution in [0.25, 0.3) is 0 Å². The van der Waals surface area contributed by atoms with Gasteiger partial charge in [-0.05, 0) is 48.4 Å². The molecule has 0 saturated heterocycles. The van der Waals surface area contributed by atoms with E-state index in [2.05, 4.69) is 31.3 Å². The second kappa shape index (κ2) is 11.6. The predicted octanol–water partition coefficient (Wildman–Crippen LogP) is 3.97. The molecule has 2 aromatic carbocycles. The van der Waals surface area contributed by atoms with Crippen LogP contribution < -0.4 is 14.8 Å². The van der Waals surface area contributed by atoms with Gasteiger partial charge in [0, 0.05) is 19.5 Å². The number of carbonyl (C=O) groups excluding carboxylic acids is 2. The number of hydrogen-bond donors (Lipinski definition) is 1. The monoisotopic (exact) mass is 438 g/mol. The van der Waals surface area contributed by atoms with E-state index in [1.54, 1.807) is 4.90 Å². The molecule has 6 nitrogen and oxygen atoms in total. The standard InChI is InChI=1S/C26H34N2O4/c1-4-22(26(30)27-17-19(2)3)28(15-14-20-8-6-5-7-9-20)25(29)13-11-21-10-12-23-24(16-21)32-18-31-23/h5-10,12,16,19,22H,4,11,13-15,17-18H2,1-3H3,(H,27,30)/t22-/m0/s1. The summed E-state index contributed by atoms with van der Waals surface area (Å²) < 4.78 is 10.8. The van der Waals surface area contributed by atoms with Crippen molar-refractivity contribution in [2.24, 2.45) is 5.92 Å². The molecular formula is C26H34N2O4. The van der Waals surface area contributed by atoms with Crippen molar-refractivity contribution in [1.82, 2.24) is 10.2 Å². The molecular weight excluding hydrogens is 404 g/mol. The van der Waals surface area contributed by atoms with Crippen molar-refractivity contribution >= 4 is 11.8 Å². The van der Waals surface area contributed by atoms with Crippen LogP contribution >= 0.6 is 0 Å². The summed E-state index contributed by atoms with van der Waals surface area (Å²) in [5.41, 5.74) is 2.17. The number of nitrogens with one attached hydrogen (secondary N) is 1. The maximum Gasteiger partial charge on any atom is 0.242 e. The average molecular weight is 439 g/mol. The van der Waals surface area contributed by atoms with Gasteiger partial charge in [-0.2, -0.15) is 0 Å². The van der Waals surface area contributed by atoms with E-state index in [1.807, 2.05) is 43.3 Å². The summed E-state index contributed by atoms with van der Waals surface area (Å²) in [6.45, 7) is 7.43. The summed E-state index contributed by atoms with van der Waals surface area (Å²) in [4.78, 5) is 28.0. The molecule has 1 aliphatic heterocycles. The largest absolute Gasteiger partial charge is 0.454 e. The molecule has 2 aromatic rings. The first-order valence-electron chi connectivity index (χ1n) is 11.5. The first-order valence-corrected chi connectivity index (χ1v) is 11.5. The van der Waals surface area contributed by atoms with Crippen LogP contribution in [0.15, 0.2) is 48.5 Å². The van der Waals surface area contributed by atoms with Crippen LogP contribution in [-0.4, -0.2) is 42.6 Å². The second-order valence-electron chi connectivity index (χ2n) is 8.57. The Morgan fingerprint density at radius 3 is 2.47 bits per heavy atom. The number of hydrogen-bond acceptors (Lipinski definition) is 4. The molecule has 0 radical (unpaired) electrons. The Morgan fingerprint density at radius 1 is 1.00 bits per heavy atom. The third-order valence-electron chi connectivity index (χ3n) is 5.62. The molecule has 32 heavy (non-hydrogen) atoms. The van der Waals surface area contributed by atoms with Crippen LogP contribution in [0, 0.1) is 5.92 Å². The van der Waals surface area contributed by atoms with Gasteiger partial charge in [0.15, 0.2) is 11.5 Å². The van der Waals surface area contributed by atoms with Crippen molar-refractivity contribution in [1.29, 1.82) is 0 Å². The van der Waals surface area contributed by atoms with Crippen molar-refractivity contribution < 1.29 is 19.1 Å². The van der Waals surface area contributed by atoms with Crippen molar-refractivity contribution in [2.75, 3.05) is 19.9 Å². The van der Waals surface area contributed by atoms with Crippen molar-refractivity contribution in [3.05, 3.63) is 59.7 Å². The fraction of sp³-hybridized carbons (Fsp3) is 0.462. The molecule has 1 aliphatic rings. The minimum atomic E-state index is -0.471. The first kappa shape index (κ1) is 23.6. The van der Waals surface area contributed by atoms with Gasteiger partial charge in [-0.1, -0.05) is 57.2 Å². The molecule has 172 valence electrons. The Hall–Kier alpha value is -3.02. The number of rotatable bonds is 11. The third kappa shape index (κ3) is 6.49. The highest BCUT2D eigenvalue weighted by Crippen LogP contribution is 2.32. The lowest BCUT2D eigenvalue weighted by molar-refractivity contribution is -0.140. The molecule has 1 heterocycles. The minimum absolute atomic E-state index is 0.00913. The van der Waals surface area contributed by atoms with E-state index in [0.717, 1.165) is 22.6 Å². The fourth-order valence-corrected chi connectivity index (χ4v) is 3.81. The van der Waals surface area contributed by atoms with Crippen LogP contribution in [0.5, 0.6) is 11.5 Å². The molecule has 0 spiro atoms. The van der Waals surface area contributed by atoms with Gasteiger partial charge in [0.25, 0.3) is 0 Å². The molecule has 1 atom stereocenters. The number of amides is 2. The SMILES string of the molecule is CC[C@@H](C(=O)NCC(C)C)N(CCc1ccccc1)C(=O)CCc1ccc2c(c1)OCO2. The smallest absolute Gasteiger partial charge is 0.242 e. The van der Waals surface area contributed by atoms with Gasteiger partial charge in [-0.15, -0.1) is 0 Å². The van der Waals surface area contributed by atoms with E-state index >= 15 is 0 Å². The molecule has 2 amide bonds. The third-order valence-corrected chi connectivity index (χ3v) is 5.62. The van der Waals surface area contributed by atoms with Crippen molar-refractivity contribution in [2.45, 2.75) is 52.5 Å². The summed E-state index contributed by atoms with van der Waals surface area (Å²) in [6.07, 6.45) is 2.21. The van der Waals surface area contributed by atoms with E-state index in [-0.39, 0.29) is 18.6 Å². The van der Waals surface area contributed by atoms with E-state index in [1.165, 1.54) is 0 Å². The topological polar surface area (TPSA) is 67.9 Å². The van der Waals surface area contributed by atoms with Gasteiger partial charge in [0.05, 0.1) is 0 Å². The zero-order chi connectivity index (χ0) is 22.9. The molecule has 0 aliphatic carbocycles. The molecule has 0 aromatic heterocycles. The van der Waals surface area contributed by atoms with E-state index < -0.39 is 6.04 Å². The number of fused-ring (bicyclic) bond motifs is 1. The zero-order valence-corrected chi connectivity index (χ0v) is 19.3. The lowest BCUT2D eigenvalue weighted by atomic mass is 10.1. The van der Waals surface area contributed by atoms with Crippen molar-refractivity contribution in [3.8, 4) is 11.5 Å². The Labute approximate surface area is 190 Å². The highest BCUT2D eigenvalue weighted by atomic mass is 16.7. The number of nitrogens with zero attached hydrogens (tertiary/aromatic N) is 1. The van der Waals surface area contributed by atoms with E-state index in [9.17, 15) is 9.59 Å². The van der Waals surface area contributed by atoms with Gasteiger partial charge in [0.1, 0.15) is 6.04 Å². The fourth-order valence-electron chi connectivity index (χ4n) is 3.81. The summed E-state index contributed by atoms with van der Waals surface area (Å²) >= 11 is 0. The predicted molar refractivity (Wildman–Crippen MR) is 125 cm³/mol. The second-order valence-corrected chi connectivity index (χ2v) is 8.57. The maximum absolute atomic E-state index is 13.3. The quantitative estimate of drug-likeness (QED) is 0.576. The van der Waals surface area contributed by atoms with Crippen LogP contribution in [0.2, 0.25) is 0 Å². The van der Waals surface area contributed by atoms with Crippen LogP contribution in [0.3, 0.4) is 0 Å². The first-order chi connectivity index (χ1) is 15.5. The molecule has 3 rings (SSSR count). The molecule has 0 fully saturated rings. The summed E-state index contributed by atoms with van der Waals surface area (Å²) in [5, 5.41) is 3.01. The van der Waals surface area contributed by atoms with Crippen molar-refractivity contribution in [3.63, 3.8) is 0 Å². The molecule has 0 saturated carbocycles. The Bertz CT molecular complexity index is 898. The molecule has 0 bridgehead atoms. The Kier molecular flexibility index (Phi) is 8.54. The highest BCUT2D eigenvalue weighted by Gasteiger charge is 2.28. The van der Waals surface area contributed by atoms with Crippen LogP contribution in [0.1, 0.15) is 44.7 Å². The Balaban J connectivity index is 1.69. The zero-order valence-electron chi connectivity index (χ0n) is 19.3. The number of ether oxygens (including phenoxy) is 2. The average Bonchev–Trinajstić information content (AvgIpc) is 3.27. The van der Waals surface area contributed by atoms with E-state index in [0.29, 0.717) is 44.7 Å². The van der Waals surface area contributed by atoms with Crippen LogP contribution in [-0.2, 0) is 22.4 Å². The lowest BCUT2D eigenvalue weighted by Crippen LogP contribution is -2.50. The highest BCUT2D eigenvalue weighted by molar-refractivity contribution is 5.87. The number of benzene rings is 2. The maximum atomic E-state index is 13.3. The van der Waals surface area contributed by atoms with Gasteiger partial charge in [-0.3, -0.25) is 9.59 Å². The molecule has 0 unspecified atom stereocenters. The molecule has 1 N–H and O–H groups in total. The summed E-state index contributed by atoms with van der Waals surface area (Å²) in [5.74, 6) is 1.72. The number of carbonyl (C=O) groups is 2. The van der Waals surface area contributed by atoms with Crippen LogP contribution in [0.4, 0.5) is 0 Å². The van der Waals surface area contributed by atoms with Gasteiger partial charge < -0.3 is 19.7 Å².